The summed E-state index contributed by atoms with van der Waals surface area (Å²) in [5.74, 6) is 1.30. The highest BCUT2D eigenvalue weighted by Gasteiger charge is 2.34. The molecule has 9 nitrogen and oxygen atoms in total. The van der Waals surface area contributed by atoms with Crippen molar-refractivity contribution in [2.45, 2.75) is 45.3 Å². The third kappa shape index (κ3) is 5.70. The van der Waals surface area contributed by atoms with E-state index in [1.807, 2.05) is 26.0 Å². The van der Waals surface area contributed by atoms with E-state index in [1.54, 1.807) is 36.1 Å². The number of aryl methyl sites for hydroxylation is 1. The molecule has 1 aliphatic rings. The normalized spacial score (nSPS) is 13.5. The van der Waals surface area contributed by atoms with Crippen molar-refractivity contribution in [1.82, 2.24) is 34.6 Å². The molecule has 12 heteroatoms. The van der Waals surface area contributed by atoms with Gasteiger partial charge in [0.2, 0.25) is 0 Å². The highest BCUT2D eigenvalue weighted by Crippen LogP contribution is 2.42. The van der Waals surface area contributed by atoms with Crippen LogP contribution in [-0.2, 0) is 19.8 Å². The molecule has 44 heavy (non-hydrogen) atoms. The number of benzene rings is 2. The molecular formula is C32H29F3N8O. The van der Waals surface area contributed by atoms with Crippen molar-refractivity contribution in [1.29, 1.82) is 5.26 Å². The second kappa shape index (κ2) is 11.3. The Morgan fingerprint density at radius 2 is 1.89 bits per heavy atom. The minimum atomic E-state index is -4.69. The first-order valence-electron chi connectivity index (χ1n) is 14.3. The largest absolute Gasteiger partial charge is 0.418 e. The van der Waals surface area contributed by atoms with E-state index in [0.717, 1.165) is 36.5 Å². The number of nitrogens with zero attached hydrogens (tertiary/aromatic N) is 7. The molecule has 0 atom stereocenters. The Labute approximate surface area is 251 Å². The van der Waals surface area contributed by atoms with Crippen molar-refractivity contribution in [3.63, 3.8) is 0 Å². The molecule has 224 valence electrons. The van der Waals surface area contributed by atoms with E-state index in [1.165, 1.54) is 10.6 Å². The van der Waals surface area contributed by atoms with Crippen molar-refractivity contribution in [2.24, 2.45) is 13.0 Å². The second-order valence-corrected chi connectivity index (χ2v) is 11.5. The van der Waals surface area contributed by atoms with Crippen molar-refractivity contribution in [2.75, 3.05) is 6.54 Å². The molecule has 3 aromatic heterocycles. The zero-order valence-electron chi connectivity index (χ0n) is 24.4. The van der Waals surface area contributed by atoms with Gasteiger partial charge in [-0.05, 0) is 78.4 Å². The summed E-state index contributed by atoms with van der Waals surface area (Å²) in [5, 5.41) is 20.8. The second-order valence-electron chi connectivity index (χ2n) is 11.5. The van der Waals surface area contributed by atoms with Crippen LogP contribution >= 0.6 is 0 Å². The summed E-state index contributed by atoms with van der Waals surface area (Å²) in [5.41, 5.74) is 1.67. The SMILES string of the molecule is CC(C)CNCc1cc(C(F)(F)F)c2ncn(-c3cc(-c4ccc(C#N)cc4-c4nncn4C)cc(C4CC4)n3)c(=O)c2c1. The Bertz CT molecular complexity index is 1980. The number of hydrogen-bond acceptors (Lipinski definition) is 7. The fraction of sp³-hybridized carbons (Fsp3) is 0.312. The number of rotatable bonds is 8. The van der Waals surface area contributed by atoms with Gasteiger partial charge >= 0.3 is 6.18 Å². The van der Waals surface area contributed by atoms with Crippen LogP contribution in [0, 0.1) is 17.2 Å². The topological polar surface area (TPSA) is 114 Å². The summed E-state index contributed by atoms with van der Waals surface area (Å²) >= 11 is 0. The standard InChI is InChI=1S/C32H29F3N8O/c1-18(2)14-37-15-20-9-25-29(26(10-20)32(33,34)35)38-16-43(31(25)44)28-12-22(11-27(40-28)21-5-6-21)23-7-4-19(13-36)8-24(23)30-41-39-17-42(30)3/h4,7-12,16-18,21,37H,5-6,14-15H2,1-3H3. The molecule has 0 amide bonds. The third-order valence-electron chi connectivity index (χ3n) is 7.59. The average molecular weight is 599 g/mol. The Morgan fingerprint density at radius 3 is 2.55 bits per heavy atom. The number of aromatic nitrogens is 6. The molecule has 1 N–H and O–H groups in total. The van der Waals surface area contributed by atoms with Gasteiger partial charge in [-0.3, -0.25) is 9.36 Å². The van der Waals surface area contributed by atoms with Gasteiger partial charge in [-0.15, -0.1) is 10.2 Å². The number of fused-ring (bicyclic) bond motifs is 1. The molecule has 0 spiro atoms. The van der Waals surface area contributed by atoms with Crippen molar-refractivity contribution >= 4 is 10.9 Å². The third-order valence-corrected chi connectivity index (χ3v) is 7.59. The molecule has 3 heterocycles. The fourth-order valence-corrected chi connectivity index (χ4v) is 5.26. The maximum atomic E-state index is 14.1. The quantitative estimate of drug-likeness (QED) is 0.242. The van der Waals surface area contributed by atoms with Gasteiger partial charge in [0.05, 0.1) is 28.1 Å². The molecule has 0 bridgehead atoms. The zero-order chi connectivity index (χ0) is 31.2. The minimum Gasteiger partial charge on any atom is -0.317 e. The van der Waals surface area contributed by atoms with Crippen LogP contribution in [0.4, 0.5) is 13.2 Å². The van der Waals surface area contributed by atoms with Gasteiger partial charge in [0.1, 0.15) is 18.5 Å². The lowest BCUT2D eigenvalue weighted by Crippen LogP contribution is -2.23. The maximum absolute atomic E-state index is 14.1. The van der Waals surface area contributed by atoms with E-state index < -0.39 is 22.8 Å². The lowest BCUT2D eigenvalue weighted by Gasteiger charge is -2.16. The van der Waals surface area contributed by atoms with E-state index in [9.17, 15) is 23.2 Å². The first kappa shape index (κ1) is 29.2. The maximum Gasteiger partial charge on any atom is 0.418 e. The van der Waals surface area contributed by atoms with Gasteiger partial charge in [-0.2, -0.15) is 18.4 Å². The van der Waals surface area contributed by atoms with Crippen LogP contribution in [0.2, 0.25) is 0 Å². The molecule has 1 saturated carbocycles. The summed E-state index contributed by atoms with van der Waals surface area (Å²) in [6.07, 6.45) is -0.144. The smallest absolute Gasteiger partial charge is 0.317 e. The molecule has 2 aromatic carbocycles. The average Bonchev–Trinajstić information content (AvgIpc) is 3.76. The van der Waals surface area contributed by atoms with Gasteiger partial charge in [-0.25, -0.2) is 9.97 Å². The predicted molar refractivity (Wildman–Crippen MR) is 159 cm³/mol. The summed E-state index contributed by atoms with van der Waals surface area (Å²) in [7, 11) is 1.80. The number of halogens is 3. The number of nitriles is 1. The lowest BCUT2D eigenvalue weighted by molar-refractivity contribution is -0.136. The van der Waals surface area contributed by atoms with Gasteiger partial charge in [0, 0.05) is 30.8 Å². The first-order chi connectivity index (χ1) is 21.0. The highest BCUT2D eigenvalue weighted by atomic mass is 19.4. The van der Waals surface area contributed by atoms with E-state index in [4.69, 9.17) is 4.98 Å². The number of hydrogen-bond donors (Lipinski definition) is 1. The summed E-state index contributed by atoms with van der Waals surface area (Å²) < 4.78 is 45.3. The van der Waals surface area contributed by atoms with Crippen LogP contribution < -0.4 is 10.9 Å². The molecule has 1 fully saturated rings. The molecule has 5 aromatic rings. The van der Waals surface area contributed by atoms with Crippen LogP contribution in [0.1, 0.15) is 55.0 Å². The zero-order valence-corrected chi connectivity index (χ0v) is 24.4. The monoisotopic (exact) mass is 598 g/mol. The van der Waals surface area contributed by atoms with Crippen molar-refractivity contribution in [3.8, 4) is 34.4 Å². The van der Waals surface area contributed by atoms with E-state index >= 15 is 0 Å². The van der Waals surface area contributed by atoms with Crippen LogP contribution in [0.15, 0.2) is 59.9 Å². The molecular weight excluding hydrogens is 569 g/mol. The Morgan fingerprint density at radius 1 is 1.09 bits per heavy atom. The van der Waals surface area contributed by atoms with E-state index in [-0.39, 0.29) is 23.7 Å². The van der Waals surface area contributed by atoms with Crippen molar-refractivity contribution in [3.05, 3.63) is 87.9 Å². The lowest BCUT2D eigenvalue weighted by atomic mass is 9.96. The number of alkyl halides is 3. The first-order valence-corrected chi connectivity index (χ1v) is 14.3. The molecule has 0 unspecified atom stereocenters. The van der Waals surface area contributed by atoms with Gasteiger partial charge in [-0.1, -0.05) is 19.9 Å². The predicted octanol–water partition coefficient (Wildman–Crippen LogP) is 5.76. The van der Waals surface area contributed by atoms with E-state index in [2.05, 4.69) is 26.6 Å². The van der Waals surface area contributed by atoms with Gasteiger partial charge in [0.15, 0.2) is 5.82 Å². The number of pyridine rings is 1. The molecule has 0 aliphatic heterocycles. The van der Waals surface area contributed by atoms with Gasteiger partial charge in [0.25, 0.3) is 5.56 Å². The van der Waals surface area contributed by atoms with E-state index in [0.29, 0.717) is 40.5 Å². The summed E-state index contributed by atoms with van der Waals surface area (Å²) in [6, 6.07) is 13.6. The molecule has 0 radical (unpaired) electrons. The number of nitrogens with one attached hydrogen (secondary N) is 1. The summed E-state index contributed by atoms with van der Waals surface area (Å²) in [4.78, 5) is 22.8. The Balaban J connectivity index is 1.53. The van der Waals surface area contributed by atoms with Gasteiger partial charge < -0.3 is 9.88 Å². The van der Waals surface area contributed by atoms with Crippen LogP contribution in [-0.4, -0.2) is 35.8 Å². The molecule has 1 aliphatic carbocycles. The Hall–Kier alpha value is -4.89. The molecule has 6 rings (SSSR count). The summed E-state index contributed by atoms with van der Waals surface area (Å²) in [6.45, 7) is 4.79. The van der Waals surface area contributed by atoms with Crippen LogP contribution in [0.25, 0.3) is 39.2 Å². The van der Waals surface area contributed by atoms with Crippen LogP contribution in [0.5, 0.6) is 0 Å². The Kier molecular flexibility index (Phi) is 7.51. The fourth-order valence-electron chi connectivity index (χ4n) is 5.26. The highest BCUT2D eigenvalue weighted by molar-refractivity contribution is 5.84. The van der Waals surface area contributed by atoms with Crippen LogP contribution in [0.3, 0.4) is 0 Å². The van der Waals surface area contributed by atoms with Crippen molar-refractivity contribution < 1.29 is 13.2 Å². The molecule has 0 saturated heterocycles. The minimum absolute atomic E-state index is 0.137.